The van der Waals surface area contributed by atoms with Crippen molar-refractivity contribution >= 4 is 34.1 Å². The Morgan fingerprint density at radius 1 is 0.203 bits per heavy atom. The van der Waals surface area contributed by atoms with Gasteiger partial charge in [-0.3, -0.25) is 0 Å². The predicted octanol–water partition coefficient (Wildman–Crippen LogP) is 19.9. The standard InChI is InChI=1S/C72H56N2/c1-71(2)67-27-13-11-25-63(67)65-43-41-61(47-69(65)71)73(57-37-33-51(34-38-57)49-17-7-5-8-18-49)59-23-15-21-55(45-59)53-29-31-54(32-30-53)56-22-16-24-60(46-56)74(58-39-35-52(36-40-58)50-19-9-6-10-20-50)62-42-44-66-64-26-12-14-28-68(64)72(3,4)70(66)48-62/h5-48H,1-4H3. The third-order valence-corrected chi connectivity index (χ3v) is 15.9. The first-order valence-electron chi connectivity index (χ1n) is 25.9. The summed E-state index contributed by atoms with van der Waals surface area (Å²) >= 11 is 0. The Kier molecular flexibility index (Phi) is 10.9. The zero-order valence-corrected chi connectivity index (χ0v) is 42.3. The normalized spacial score (nSPS) is 13.4. The van der Waals surface area contributed by atoms with Gasteiger partial charge in [-0.1, -0.05) is 222 Å². The van der Waals surface area contributed by atoms with Gasteiger partial charge >= 0.3 is 0 Å². The molecule has 0 fully saturated rings. The molecule has 0 saturated heterocycles. The van der Waals surface area contributed by atoms with Crippen LogP contribution >= 0.6 is 0 Å². The van der Waals surface area contributed by atoms with Gasteiger partial charge in [-0.05, 0) is 162 Å². The second kappa shape index (κ2) is 17.9. The second-order valence-electron chi connectivity index (χ2n) is 21.0. The molecule has 354 valence electrons. The van der Waals surface area contributed by atoms with Gasteiger partial charge in [0.2, 0.25) is 0 Å². The number of fused-ring (bicyclic) bond motifs is 6. The van der Waals surface area contributed by atoms with Crippen molar-refractivity contribution < 1.29 is 0 Å². The van der Waals surface area contributed by atoms with E-state index in [1.807, 2.05) is 0 Å². The molecule has 13 rings (SSSR count). The lowest BCUT2D eigenvalue weighted by atomic mass is 9.82. The molecule has 0 atom stereocenters. The van der Waals surface area contributed by atoms with Crippen LogP contribution in [0.1, 0.15) is 49.9 Å². The maximum absolute atomic E-state index is 2.42. The minimum atomic E-state index is -0.119. The highest BCUT2D eigenvalue weighted by molar-refractivity contribution is 5.89. The first-order valence-corrected chi connectivity index (χ1v) is 25.9. The molecule has 11 aromatic rings. The fourth-order valence-electron chi connectivity index (χ4n) is 11.9. The third kappa shape index (κ3) is 7.74. The van der Waals surface area contributed by atoms with Crippen molar-refractivity contribution in [3.63, 3.8) is 0 Å². The SMILES string of the molecule is CC1(C)c2ccccc2-c2ccc(N(c3ccc(-c4ccccc4)cc3)c3cccc(-c4ccc(-c5cccc(N(c6ccc(-c7ccccc7)cc6)c6ccc7c(c6)C(C)(C)c6ccccc6-7)c5)cc4)c3)cc21. The summed E-state index contributed by atoms with van der Waals surface area (Å²) in [6.45, 7) is 9.43. The second-order valence-corrected chi connectivity index (χ2v) is 21.0. The number of nitrogens with zero attached hydrogens (tertiary/aromatic N) is 2. The van der Waals surface area contributed by atoms with Crippen LogP contribution in [0.5, 0.6) is 0 Å². The van der Waals surface area contributed by atoms with E-state index in [1.54, 1.807) is 0 Å². The highest BCUT2D eigenvalue weighted by atomic mass is 15.1. The van der Waals surface area contributed by atoms with Gasteiger partial charge in [-0.15, -0.1) is 0 Å². The van der Waals surface area contributed by atoms with E-state index in [4.69, 9.17) is 0 Å². The molecular weight excluding hydrogens is 893 g/mol. The van der Waals surface area contributed by atoms with Crippen molar-refractivity contribution in [1.29, 1.82) is 0 Å². The quantitative estimate of drug-likeness (QED) is 0.135. The summed E-state index contributed by atoms with van der Waals surface area (Å²) in [5.74, 6) is 0. The Morgan fingerprint density at radius 3 is 0.892 bits per heavy atom. The van der Waals surface area contributed by atoms with Gasteiger partial charge in [0.1, 0.15) is 0 Å². The molecule has 11 aromatic carbocycles. The average molecular weight is 949 g/mol. The molecule has 2 aliphatic rings. The molecule has 0 N–H and O–H groups in total. The lowest BCUT2D eigenvalue weighted by molar-refractivity contribution is 0.660. The molecule has 0 bridgehead atoms. The van der Waals surface area contributed by atoms with Crippen LogP contribution < -0.4 is 9.80 Å². The van der Waals surface area contributed by atoms with Crippen LogP contribution in [-0.4, -0.2) is 0 Å². The van der Waals surface area contributed by atoms with Crippen molar-refractivity contribution in [1.82, 2.24) is 0 Å². The molecule has 74 heavy (non-hydrogen) atoms. The van der Waals surface area contributed by atoms with E-state index < -0.39 is 0 Å². The van der Waals surface area contributed by atoms with Crippen molar-refractivity contribution in [3.05, 3.63) is 289 Å². The first-order chi connectivity index (χ1) is 36.2. The van der Waals surface area contributed by atoms with Crippen LogP contribution in [0.4, 0.5) is 34.1 Å². The van der Waals surface area contributed by atoms with E-state index in [1.165, 1.54) is 77.9 Å². The van der Waals surface area contributed by atoms with Crippen LogP contribution in [0.3, 0.4) is 0 Å². The molecule has 0 spiro atoms. The van der Waals surface area contributed by atoms with Crippen molar-refractivity contribution in [3.8, 4) is 66.8 Å². The zero-order chi connectivity index (χ0) is 50.0. The molecule has 0 radical (unpaired) electrons. The zero-order valence-electron chi connectivity index (χ0n) is 42.3. The van der Waals surface area contributed by atoms with Gasteiger partial charge in [0, 0.05) is 45.0 Å². The highest BCUT2D eigenvalue weighted by Crippen LogP contribution is 2.53. The Morgan fingerprint density at radius 2 is 0.486 bits per heavy atom. The average Bonchev–Trinajstić information content (AvgIpc) is 3.83. The smallest absolute Gasteiger partial charge is 0.0467 e. The maximum Gasteiger partial charge on any atom is 0.0467 e. The number of hydrogen-bond acceptors (Lipinski definition) is 2. The van der Waals surface area contributed by atoms with Crippen LogP contribution in [0.2, 0.25) is 0 Å². The summed E-state index contributed by atoms with van der Waals surface area (Å²) in [6, 6.07) is 98.2. The monoisotopic (exact) mass is 948 g/mol. The lowest BCUT2D eigenvalue weighted by Crippen LogP contribution is -2.16. The van der Waals surface area contributed by atoms with E-state index >= 15 is 0 Å². The van der Waals surface area contributed by atoms with E-state index in [9.17, 15) is 0 Å². The fourth-order valence-corrected chi connectivity index (χ4v) is 11.9. The Labute approximate surface area is 436 Å². The summed E-state index contributed by atoms with van der Waals surface area (Å²) in [7, 11) is 0. The van der Waals surface area contributed by atoms with Crippen molar-refractivity contribution in [2.45, 2.75) is 38.5 Å². The Hall–Kier alpha value is -8.98. The summed E-state index contributed by atoms with van der Waals surface area (Å²) in [5.41, 5.74) is 26.7. The Bertz CT molecular complexity index is 3610. The third-order valence-electron chi connectivity index (χ3n) is 15.9. The number of benzene rings is 11. The van der Waals surface area contributed by atoms with Crippen LogP contribution in [0.25, 0.3) is 66.8 Å². The predicted molar refractivity (Wildman–Crippen MR) is 313 cm³/mol. The number of hydrogen-bond donors (Lipinski definition) is 0. The minimum Gasteiger partial charge on any atom is -0.310 e. The first kappa shape index (κ1) is 44.9. The molecule has 0 amide bonds. The Balaban J connectivity index is 0.850. The molecule has 2 aliphatic carbocycles. The topological polar surface area (TPSA) is 6.48 Å². The van der Waals surface area contributed by atoms with E-state index in [-0.39, 0.29) is 10.8 Å². The lowest BCUT2D eigenvalue weighted by Gasteiger charge is -2.28. The van der Waals surface area contributed by atoms with E-state index in [0.29, 0.717) is 0 Å². The summed E-state index contributed by atoms with van der Waals surface area (Å²) in [6.07, 6.45) is 0. The molecule has 0 unspecified atom stereocenters. The molecule has 2 nitrogen and oxygen atoms in total. The molecule has 0 saturated carbocycles. The van der Waals surface area contributed by atoms with Gasteiger partial charge in [0.05, 0.1) is 0 Å². The fraction of sp³-hybridized carbons (Fsp3) is 0.0833. The van der Waals surface area contributed by atoms with Gasteiger partial charge < -0.3 is 9.80 Å². The van der Waals surface area contributed by atoms with Crippen LogP contribution in [0, 0.1) is 0 Å². The molecular formula is C72H56N2. The molecule has 2 heteroatoms. The summed E-state index contributed by atoms with van der Waals surface area (Å²) < 4.78 is 0. The van der Waals surface area contributed by atoms with Gasteiger partial charge in [-0.25, -0.2) is 0 Å². The van der Waals surface area contributed by atoms with Crippen molar-refractivity contribution in [2.24, 2.45) is 0 Å². The largest absolute Gasteiger partial charge is 0.310 e. The molecule has 0 aromatic heterocycles. The van der Waals surface area contributed by atoms with Crippen LogP contribution in [0.15, 0.2) is 267 Å². The summed E-state index contributed by atoms with van der Waals surface area (Å²) in [5, 5.41) is 0. The highest BCUT2D eigenvalue weighted by Gasteiger charge is 2.37. The van der Waals surface area contributed by atoms with Gasteiger partial charge in [-0.2, -0.15) is 0 Å². The maximum atomic E-state index is 2.42. The molecule has 0 heterocycles. The number of rotatable bonds is 10. The minimum absolute atomic E-state index is 0.119. The van der Waals surface area contributed by atoms with Crippen molar-refractivity contribution in [2.75, 3.05) is 9.80 Å². The van der Waals surface area contributed by atoms with Crippen LogP contribution in [-0.2, 0) is 10.8 Å². The van der Waals surface area contributed by atoms with Gasteiger partial charge in [0.25, 0.3) is 0 Å². The van der Waals surface area contributed by atoms with E-state index in [0.717, 1.165) is 45.3 Å². The number of anilines is 6. The van der Waals surface area contributed by atoms with Gasteiger partial charge in [0.15, 0.2) is 0 Å². The molecule has 0 aliphatic heterocycles. The summed E-state index contributed by atoms with van der Waals surface area (Å²) in [4.78, 5) is 4.83. The van der Waals surface area contributed by atoms with E-state index in [2.05, 4.69) is 304 Å².